The lowest BCUT2D eigenvalue weighted by Crippen LogP contribution is -2.36. The highest BCUT2D eigenvalue weighted by Crippen LogP contribution is 2.06. The minimum Gasteiger partial charge on any atom is -0.460 e. The molecule has 0 spiro atoms. The van der Waals surface area contributed by atoms with E-state index in [9.17, 15) is 9.59 Å². The number of esters is 1. The molecule has 0 saturated heterocycles. The van der Waals surface area contributed by atoms with Crippen LogP contribution < -0.4 is 5.32 Å². The molecule has 1 aromatic carbocycles. The van der Waals surface area contributed by atoms with E-state index < -0.39 is 17.7 Å². The first-order chi connectivity index (χ1) is 11.4. The molecule has 0 saturated carbocycles. The lowest BCUT2D eigenvalue weighted by molar-refractivity contribution is -0.141. The van der Waals surface area contributed by atoms with Crippen LogP contribution in [-0.4, -0.2) is 37.4 Å². The van der Waals surface area contributed by atoms with E-state index in [-0.39, 0.29) is 13.2 Å². The number of alkyl carbamates (subject to hydrolysis) is 1. The zero-order valence-corrected chi connectivity index (χ0v) is 14.4. The molecule has 0 bridgehead atoms. The maximum absolute atomic E-state index is 11.4. The van der Waals surface area contributed by atoms with Crippen molar-refractivity contribution < 1.29 is 23.8 Å². The second kappa shape index (κ2) is 10.4. The Bertz CT molecular complexity index is 534. The fourth-order valence-corrected chi connectivity index (χ4v) is 1.61. The van der Waals surface area contributed by atoms with Crippen LogP contribution in [0, 0.1) is 0 Å². The molecule has 0 aromatic heterocycles. The highest BCUT2D eigenvalue weighted by Gasteiger charge is 2.16. The first kappa shape index (κ1) is 19.7. The van der Waals surface area contributed by atoms with Crippen molar-refractivity contribution in [2.75, 3.05) is 19.8 Å². The average molecular weight is 335 g/mol. The molecule has 6 nitrogen and oxygen atoms in total. The third-order valence-electron chi connectivity index (χ3n) is 2.61. The number of nitrogens with one attached hydrogen (secondary N) is 1. The molecule has 1 N–H and O–H groups in total. The topological polar surface area (TPSA) is 73.9 Å². The predicted molar refractivity (Wildman–Crippen MR) is 90.4 cm³/mol. The first-order valence-corrected chi connectivity index (χ1v) is 7.76. The van der Waals surface area contributed by atoms with E-state index in [4.69, 9.17) is 14.2 Å². The molecule has 0 radical (unpaired) electrons. The number of amides is 1. The number of carbonyl (C=O) groups is 2. The summed E-state index contributed by atoms with van der Waals surface area (Å²) in [7, 11) is 0. The second-order valence-electron chi connectivity index (χ2n) is 6.01. The molecular weight excluding hydrogens is 310 g/mol. The maximum Gasteiger partial charge on any atom is 0.408 e. The maximum atomic E-state index is 11.4. The Morgan fingerprint density at radius 2 is 1.75 bits per heavy atom. The molecule has 1 rings (SSSR count). The Labute approximate surface area is 142 Å². The van der Waals surface area contributed by atoms with E-state index in [1.807, 2.05) is 30.3 Å². The van der Waals surface area contributed by atoms with Gasteiger partial charge in [-0.25, -0.2) is 4.79 Å². The summed E-state index contributed by atoms with van der Waals surface area (Å²) in [5.41, 5.74) is 0.502. The summed E-state index contributed by atoms with van der Waals surface area (Å²) >= 11 is 0. The van der Waals surface area contributed by atoms with Gasteiger partial charge in [-0.15, -0.1) is 0 Å². The summed E-state index contributed by atoms with van der Waals surface area (Å²) in [6.07, 6.45) is 2.82. The van der Waals surface area contributed by atoms with Crippen molar-refractivity contribution in [1.82, 2.24) is 5.32 Å². The monoisotopic (exact) mass is 335 g/mol. The highest BCUT2D eigenvalue weighted by molar-refractivity contribution is 5.78. The summed E-state index contributed by atoms with van der Waals surface area (Å²) in [6.45, 7) is 6.10. The van der Waals surface area contributed by atoms with Gasteiger partial charge < -0.3 is 19.5 Å². The van der Waals surface area contributed by atoms with Gasteiger partial charge in [-0.1, -0.05) is 36.4 Å². The van der Waals surface area contributed by atoms with Gasteiger partial charge in [-0.2, -0.15) is 0 Å². The molecule has 1 amide bonds. The molecule has 0 aliphatic rings. The quantitative estimate of drug-likeness (QED) is 0.449. The van der Waals surface area contributed by atoms with Gasteiger partial charge in [-0.05, 0) is 32.4 Å². The number of ether oxygens (including phenoxy) is 3. The smallest absolute Gasteiger partial charge is 0.408 e. The molecule has 0 unspecified atom stereocenters. The Morgan fingerprint density at radius 3 is 2.42 bits per heavy atom. The number of rotatable bonds is 8. The molecule has 24 heavy (non-hydrogen) atoms. The Morgan fingerprint density at radius 1 is 1.08 bits per heavy atom. The van der Waals surface area contributed by atoms with Gasteiger partial charge in [-0.3, -0.25) is 4.79 Å². The Hall–Kier alpha value is -2.34. The molecule has 132 valence electrons. The zero-order chi connectivity index (χ0) is 17.8. The molecule has 0 heterocycles. The van der Waals surface area contributed by atoms with Crippen LogP contribution in [0.5, 0.6) is 0 Å². The standard InChI is InChI=1S/C18H25NO5/c1-18(2,3)24-17(21)19-13-16(20)23-12-8-7-11-22-14-15-9-5-4-6-10-15/h4-10H,11-14H2,1-3H3,(H,19,21). The summed E-state index contributed by atoms with van der Waals surface area (Å²) < 4.78 is 15.4. The van der Waals surface area contributed by atoms with Crippen molar-refractivity contribution in [3.8, 4) is 0 Å². The summed E-state index contributed by atoms with van der Waals surface area (Å²) in [5.74, 6) is -0.532. The SMILES string of the molecule is CC(C)(C)OC(=O)NCC(=O)OCC=CCOCc1ccccc1. The van der Waals surface area contributed by atoms with Gasteiger partial charge in [0.1, 0.15) is 18.8 Å². The van der Waals surface area contributed by atoms with Crippen LogP contribution in [0.3, 0.4) is 0 Å². The third-order valence-corrected chi connectivity index (χ3v) is 2.61. The highest BCUT2D eigenvalue weighted by atomic mass is 16.6. The normalized spacial score (nSPS) is 11.3. The minimum atomic E-state index is -0.649. The van der Waals surface area contributed by atoms with Gasteiger partial charge in [0.2, 0.25) is 0 Å². The molecule has 1 aromatic rings. The Kier molecular flexibility index (Phi) is 8.57. The van der Waals surface area contributed by atoms with Gasteiger partial charge in [0.15, 0.2) is 0 Å². The van der Waals surface area contributed by atoms with Crippen molar-refractivity contribution in [1.29, 1.82) is 0 Å². The number of hydrogen-bond donors (Lipinski definition) is 1. The van der Waals surface area contributed by atoms with Gasteiger partial charge >= 0.3 is 12.1 Å². The lowest BCUT2D eigenvalue weighted by Gasteiger charge is -2.19. The number of benzene rings is 1. The first-order valence-electron chi connectivity index (χ1n) is 7.76. The number of carbonyl (C=O) groups excluding carboxylic acids is 2. The van der Waals surface area contributed by atoms with Crippen molar-refractivity contribution in [2.24, 2.45) is 0 Å². The van der Waals surface area contributed by atoms with Crippen LogP contribution in [-0.2, 0) is 25.6 Å². The average Bonchev–Trinajstić information content (AvgIpc) is 2.51. The third kappa shape index (κ3) is 10.4. The van der Waals surface area contributed by atoms with Crippen LogP contribution in [0.4, 0.5) is 4.79 Å². The van der Waals surface area contributed by atoms with Crippen molar-refractivity contribution >= 4 is 12.1 Å². The fraction of sp³-hybridized carbons (Fsp3) is 0.444. The minimum absolute atomic E-state index is 0.129. The summed E-state index contributed by atoms with van der Waals surface area (Å²) in [6, 6.07) is 9.85. The van der Waals surface area contributed by atoms with Crippen molar-refractivity contribution in [3.63, 3.8) is 0 Å². The van der Waals surface area contributed by atoms with E-state index in [1.165, 1.54) is 0 Å². The van der Waals surface area contributed by atoms with E-state index in [0.717, 1.165) is 5.56 Å². The van der Waals surface area contributed by atoms with Crippen LogP contribution in [0.2, 0.25) is 0 Å². The zero-order valence-electron chi connectivity index (χ0n) is 14.4. The predicted octanol–water partition coefficient (Wildman–Crippen LogP) is 2.83. The second-order valence-corrected chi connectivity index (χ2v) is 6.01. The van der Waals surface area contributed by atoms with E-state index >= 15 is 0 Å². The molecule has 0 aliphatic heterocycles. The fourth-order valence-electron chi connectivity index (χ4n) is 1.61. The molecule has 0 aliphatic carbocycles. The molecule has 0 fully saturated rings. The van der Waals surface area contributed by atoms with Gasteiger partial charge in [0.05, 0.1) is 13.2 Å². The molecular formula is C18H25NO5. The summed E-state index contributed by atoms with van der Waals surface area (Å²) in [4.78, 5) is 22.8. The summed E-state index contributed by atoms with van der Waals surface area (Å²) in [5, 5.41) is 2.33. The van der Waals surface area contributed by atoms with Crippen LogP contribution in [0.15, 0.2) is 42.5 Å². The molecule has 6 heteroatoms. The lowest BCUT2D eigenvalue weighted by atomic mass is 10.2. The van der Waals surface area contributed by atoms with Crippen molar-refractivity contribution in [3.05, 3.63) is 48.0 Å². The number of hydrogen-bond acceptors (Lipinski definition) is 5. The Balaban J connectivity index is 2.05. The van der Waals surface area contributed by atoms with E-state index in [0.29, 0.717) is 13.2 Å². The van der Waals surface area contributed by atoms with Gasteiger partial charge in [0, 0.05) is 0 Å². The molecule has 0 atom stereocenters. The van der Waals surface area contributed by atoms with Crippen molar-refractivity contribution in [2.45, 2.75) is 33.0 Å². The van der Waals surface area contributed by atoms with E-state index in [1.54, 1.807) is 32.9 Å². The van der Waals surface area contributed by atoms with Gasteiger partial charge in [0.25, 0.3) is 0 Å². The van der Waals surface area contributed by atoms with E-state index in [2.05, 4.69) is 5.32 Å². The largest absolute Gasteiger partial charge is 0.460 e. The van der Waals surface area contributed by atoms with Crippen LogP contribution in [0.25, 0.3) is 0 Å². The van der Waals surface area contributed by atoms with Crippen LogP contribution in [0.1, 0.15) is 26.3 Å². The van der Waals surface area contributed by atoms with Crippen LogP contribution >= 0.6 is 0 Å².